The van der Waals surface area contributed by atoms with E-state index < -0.39 is 12.7 Å². The van der Waals surface area contributed by atoms with Gasteiger partial charge in [-0.2, -0.15) is 13.2 Å². The lowest BCUT2D eigenvalue weighted by Crippen LogP contribution is -2.45. The van der Waals surface area contributed by atoms with Gasteiger partial charge in [-0.1, -0.05) is 20.8 Å². The molecule has 0 spiro atoms. The van der Waals surface area contributed by atoms with Crippen LogP contribution in [0, 0.1) is 5.41 Å². The van der Waals surface area contributed by atoms with Gasteiger partial charge < -0.3 is 10.6 Å². The second kappa shape index (κ2) is 8.76. The highest BCUT2D eigenvalue weighted by atomic mass is 19.4. The Balaban J connectivity index is 2.41. The van der Waals surface area contributed by atoms with E-state index in [9.17, 15) is 13.2 Å². The van der Waals surface area contributed by atoms with Gasteiger partial charge in [0.2, 0.25) is 0 Å². The topological polar surface area (TPSA) is 39.7 Å². The molecular formula is C16H31F3N4. The first-order chi connectivity index (χ1) is 10.6. The average Bonchev–Trinajstić information content (AvgIpc) is 2.78. The summed E-state index contributed by atoms with van der Waals surface area (Å²) in [6.07, 6.45) is -1.31. The molecule has 1 aliphatic heterocycles. The number of hydrogen-bond acceptors (Lipinski definition) is 2. The summed E-state index contributed by atoms with van der Waals surface area (Å²) >= 11 is 0. The van der Waals surface area contributed by atoms with Crippen LogP contribution in [0.4, 0.5) is 13.2 Å². The molecule has 1 atom stereocenters. The van der Waals surface area contributed by atoms with Gasteiger partial charge in [0.1, 0.15) is 0 Å². The maximum absolute atomic E-state index is 12.4. The van der Waals surface area contributed by atoms with Crippen LogP contribution in [0.5, 0.6) is 0 Å². The first-order valence-electron chi connectivity index (χ1n) is 8.43. The second-order valence-corrected chi connectivity index (χ2v) is 7.41. The SMILES string of the molecule is CCNC(=NCCCC(C)(C)C)NC1CCN(CC(F)(F)F)C1. The number of aliphatic imine (C=N–C) groups is 1. The standard InChI is InChI=1S/C16H31F3N4/c1-5-20-14(21-9-6-8-15(2,3)4)22-13-7-10-23(11-13)12-16(17,18)19/h13H,5-12H2,1-4H3,(H2,20,21,22). The van der Waals surface area contributed by atoms with Gasteiger partial charge in [-0.05, 0) is 31.6 Å². The van der Waals surface area contributed by atoms with E-state index in [2.05, 4.69) is 36.4 Å². The van der Waals surface area contributed by atoms with Crippen LogP contribution in [0.3, 0.4) is 0 Å². The molecule has 0 bridgehead atoms. The van der Waals surface area contributed by atoms with Crippen LogP contribution in [-0.2, 0) is 0 Å². The molecule has 1 aliphatic rings. The van der Waals surface area contributed by atoms with Crippen molar-refractivity contribution >= 4 is 5.96 Å². The van der Waals surface area contributed by atoms with E-state index >= 15 is 0 Å². The summed E-state index contributed by atoms with van der Waals surface area (Å²) < 4.78 is 37.3. The molecule has 7 heteroatoms. The van der Waals surface area contributed by atoms with Crippen LogP contribution in [0.2, 0.25) is 0 Å². The molecule has 1 heterocycles. The molecule has 0 aliphatic carbocycles. The van der Waals surface area contributed by atoms with Crippen molar-refractivity contribution in [3.05, 3.63) is 0 Å². The molecular weight excluding hydrogens is 305 g/mol. The van der Waals surface area contributed by atoms with Gasteiger partial charge >= 0.3 is 6.18 Å². The molecule has 136 valence electrons. The van der Waals surface area contributed by atoms with Gasteiger partial charge in [0.05, 0.1) is 6.54 Å². The van der Waals surface area contributed by atoms with Crippen LogP contribution >= 0.6 is 0 Å². The predicted octanol–water partition coefficient (Wildman–Crippen LogP) is 3.00. The molecule has 1 unspecified atom stereocenters. The number of alkyl halides is 3. The Morgan fingerprint density at radius 2 is 1.96 bits per heavy atom. The maximum atomic E-state index is 12.4. The van der Waals surface area contributed by atoms with Crippen LogP contribution in [-0.4, -0.2) is 55.8 Å². The summed E-state index contributed by atoms with van der Waals surface area (Å²) in [5.41, 5.74) is 0.296. The maximum Gasteiger partial charge on any atom is 0.401 e. The van der Waals surface area contributed by atoms with Crippen molar-refractivity contribution in [2.75, 3.05) is 32.7 Å². The Labute approximate surface area is 137 Å². The third kappa shape index (κ3) is 9.69. The minimum Gasteiger partial charge on any atom is -0.357 e. The average molecular weight is 336 g/mol. The van der Waals surface area contributed by atoms with E-state index in [-0.39, 0.29) is 6.04 Å². The summed E-state index contributed by atoms with van der Waals surface area (Å²) in [6.45, 7) is 10.1. The fourth-order valence-electron chi connectivity index (χ4n) is 2.66. The normalized spacial score (nSPS) is 20.8. The van der Waals surface area contributed by atoms with E-state index in [1.165, 1.54) is 4.90 Å². The zero-order valence-corrected chi connectivity index (χ0v) is 14.8. The van der Waals surface area contributed by atoms with Crippen LogP contribution in [0.15, 0.2) is 4.99 Å². The molecule has 0 saturated carbocycles. The zero-order valence-electron chi connectivity index (χ0n) is 14.8. The predicted molar refractivity (Wildman–Crippen MR) is 88.7 cm³/mol. The van der Waals surface area contributed by atoms with Crippen molar-refractivity contribution in [3.63, 3.8) is 0 Å². The lowest BCUT2D eigenvalue weighted by molar-refractivity contribution is -0.143. The monoisotopic (exact) mass is 336 g/mol. The third-order valence-electron chi connectivity index (χ3n) is 3.72. The number of halogens is 3. The summed E-state index contributed by atoms with van der Waals surface area (Å²) in [7, 11) is 0. The van der Waals surface area contributed by atoms with Crippen molar-refractivity contribution in [2.45, 2.75) is 59.2 Å². The summed E-state index contributed by atoms with van der Waals surface area (Å²) in [5, 5.41) is 6.43. The summed E-state index contributed by atoms with van der Waals surface area (Å²) in [4.78, 5) is 5.98. The highest BCUT2D eigenvalue weighted by Gasteiger charge is 2.34. The minimum atomic E-state index is -4.12. The molecule has 0 aromatic heterocycles. The van der Waals surface area contributed by atoms with E-state index in [0.717, 1.165) is 25.9 Å². The number of likely N-dealkylation sites (tertiary alicyclic amines) is 1. The van der Waals surface area contributed by atoms with E-state index in [4.69, 9.17) is 0 Å². The van der Waals surface area contributed by atoms with E-state index in [1.54, 1.807) is 0 Å². The Morgan fingerprint density at radius 3 is 2.52 bits per heavy atom. The first-order valence-corrected chi connectivity index (χ1v) is 8.43. The second-order valence-electron chi connectivity index (χ2n) is 7.41. The van der Waals surface area contributed by atoms with Gasteiger partial charge in [0, 0.05) is 32.2 Å². The Bertz CT molecular complexity index is 375. The first kappa shape index (κ1) is 20.1. The number of hydrogen-bond donors (Lipinski definition) is 2. The van der Waals surface area contributed by atoms with Gasteiger partial charge in [-0.15, -0.1) is 0 Å². The van der Waals surface area contributed by atoms with Gasteiger partial charge in [0.25, 0.3) is 0 Å². The lowest BCUT2D eigenvalue weighted by Gasteiger charge is -2.20. The molecule has 0 aromatic rings. The highest BCUT2D eigenvalue weighted by Crippen LogP contribution is 2.21. The number of guanidine groups is 1. The van der Waals surface area contributed by atoms with Crippen LogP contribution in [0.1, 0.15) is 47.0 Å². The number of rotatable bonds is 6. The van der Waals surface area contributed by atoms with Crippen LogP contribution < -0.4 is 10.6 Å². The zero-order chi connectivity index (χ0) is 17.5. The molecule has 1 rings (SSSR count). The molecule has 1 saturated heterocycles. The summed E-state index contributed by atoms with van der Waals surface area (Å²) in [5.74, 6) is 0.709. The number of nitrogens with zero attached hydrogens (tertiary/aromatic N) is 2. The molecule has 23 heavy (non-hydrogen) atoms. The Morgan fingerprint density at radius 1 is 1.26 bits per heavy atom. The fraction of sp³-hybridized carbons (Fsp3) is 0.938. The van der Waals surface area contributed by atoms with Crippen molar-refractivity contribution in [1.29, 1.82) is 0 Å². The molecule has 0 radical (unpaired) electrons. The van der Waals surface area contributed by atoms with Crippen LogP contribution in [0.25, 0.3) is 0 Å². The van der Waals surface area contributed by atoms with Crippen molar-refractivity contribution < 1.29 is 13.2 Å². The minimum absolute atomic E-state index is 0.0257. The van der Waals surface area contributed by atoms with Crippen molar-refractivity contribution in [2.24, 2.45) is 10.4 Å². The molecule has 2 N–H and O–H groups in total. The van der Waals surface area contributed by atoms with Gasteiger partial charge in [0.15, 0.2) is 5.96 Å². The quantitative estimate of drug-likeness (QED) is 0.445. The molecule has 1 fully saturated rings. The smallest absolute Gasteiger partial charge is 0.357 e. The van der Waals surface area contributed by atoms with E-state index in [0.29, 0.717) is 30.9 Å². The lowest BCUT2D eigenvalue weighted by atomic mass is 9.91. The van der Waals surface area contributed by atoms with E-state index in [1.807, 2.05) is 6.92 Å². The Kier molecular flexibility index (Phi) is 7.64. The highest BCUT2D eigenvalue weighted by molar-refractivity contribution is 5.80. The van der Waals surface area contributed by atoms with Crippen molar-refractivity contribution in [3.8, 4) is 0 Å². The molecule has 0 amide bonds. The molecule has 4 nitrogen and oxygen atoms in total. The summed E-state index contributed by atoms with van der Waals surface area (Å²) in [6, 6.07) is 0.0257. The fourth-order valence-corrected chi connectivity index (χ4v) is 2.66. The van der Waals surface area contributed by atoms with Crippen molar-refractivity contribution in [1.82, 2.24) is 15.5 Å². The number of nitrogens with one attached hydrogen (secondary N) is 2. The third-order valence-corrected chi connectivity index (χ3v) is 3.72. The van der Waals surface area contributed by atoms with Gasteiger partial charge in [-0.25, -0.2) is 0 Å². The van der Waals surface area contributed by atoms with Gasteiger partial charge in [-0.3, -0.25) is 9.89 Å². The largest absolute Gasteiger partial charge is 0.401 e. The Hall–Kier alpha value is -0.980. The molecule has 0 aromatic carbocycles.